The van der Waals surface area contributed by atoms with E-state index < -0.39 is 55.6 Å². The van der Waals surface area contributed by atoms with E-state index in [-0.39, 0.29) is 18.9 Å². The van der Waals surface area contributed by atoms with Crippen LogP contribution in [0.3, 0.4) is 0 Å². The Balaban J connectivity index is 2.42. The van der Waals surface area contributed by atoms with E-state index in [1.165, 1.54) is 128 Å². The van der Waals surface area contributed by atoms with E-state index in [2.05, 4.69) is 19.2 Å². The van der Waals surface area contributed by atoms with Crippen LogP contribution in [0.5, 0.6) is 0 Å². The van der Waals surface area contributed by atoms with E-state index in [9.17, 15) is 35.4 Å². The number of carbonyl (C=O) groups excluding carboxylic acids is 1. The van der Waals surface area contributed by atoms with Gasteiger partial charge in [-0.2, -0.15) is 0 Å². The van der Waals surface area contributed by atoms with Crippen molar-refractivity contribution < 1.29 is 44.9 Å². The van der Waals surface area contributed by atoms with Crippen LogP contribution >= 0.6 is 0 Å². The Kier molecular flexibility index (Phi) is 31.7. The quantitative estimate of drug-likeness (QED) is 0.0324. The van der Waals surface area contributed by atoms with E-state index in [1.807, 2.05) is 0 Å². The highest BCUT2D eigenvalue weighted by Crippen LogP contribution is 2.23. The molecule has 1 amide bonds. The fourth-order valence-electron chi connectivity index (χ4n) is 7.20. The first-order chi connectivity index (χ1) is 25.3. The summed E-state index contributed by atoms with van der Waals surface area (Å²) in [6.07, 6.45) is 23.9. The van der Waals surface area contributed by atoms with E-state index >= 15 is 0 Å². The van der Waals surface area contributed by atoms with Crippen molar-refractivity contribution in [2.45, 2.75) is 249 Å². The molecule has 7 N–H and O–H groups in total. The number of aliphatic hydroxyl groups excluding tert-OH is 6. The SMILES string of the molecule is CCCCCCCCCCCCCCCCCC(=O)N[C@@H](CO[C@@H]1O[C@H](CO)[C@H](O)[C@H](O)[C@H]1O)[C@H](O)[C@H](O)CCCCCCCCCCCCCC. The van der Waals surface area contributed by atoms with Crippen LogP contribution in [0.15, 0.2) is 0 Å². The normalized spacial score (nSPS) is 22.3. The fraction of sp³-hybridized carbons (Fsp3) is 0.976. The van der Waals surface area contributed by atoms with Gasteiger partial charge in [0.05, 0.1) is 25.4 Å². The van der Waals surface area contributed by atoms with E-state index in [4.69, 9.17) is 9.47 Å². The van der Waals surface area contributed by atoms with Crippen molar-refractivity contribution in [2.75, 3.05) is 13.2 Å². The third-order valence-corrected chi connectivity index (χ3v) is 10.8. The van der Waals surface area contributed by atoms with Gasteiger partial charge in [0.15, 0.2) is 6.29 Å². The Hall–Kier alpha value is -0.850. The predicted molar refractivity (Wildman–Crippen MR) is 209 cm³/mol. The number of amides is 1. The number of nitrogens with one attached hydrogen (secondary N) is 1. The lowest BCUT2D eigenvalue weighted by Gasteiger charge is -2.40. The van der Waals surface area contributed by atoms with Crippen LogP contribution in [-0.2, 0) is 14.3 Å². The zero-order chi connectivity index (χ0) is 38.2. The average Bonchev–Trinajstić information content (AvgIpc) is 3.14. The minimum Gasteiger partial charge on any atom is -0.394 e. The van der Waals surface area contributed by atoms with Gasteiger partial charge in [-0.25, -0.2) is 0 Å². The van der Waals surface area contributed by atoms with E-state index in [1.54, 1.807) is 0 Å². The average molecular weight is 746 g/mol. The Morgan fingerprint density at radius 3 is 1.42 bits per heavy atom. The van der Waals surface area contributed by atoms with Crippen LogP contribution in [0, 0.1) is 0 Å². The Morgan fingerprint density at radius 1 is 0.596 bits per heavy atom. The van der Waals surface area contributed by atoms with Crippen molar-refractivity contribution in [2.24, 2.45) is 0 Å². The molecule has 1 aliphatic heterocycles. The van der Waals surface area contributed by atoms with Gasteiger partial charge >= 0.3 is 0 Å². The number of carbonyl (C=O) groups is 1. The number of ether oxygens (including phenoxy) is 2. The molecule has 10 heteroatoms. The van der Waals surface area contributed by atoms with Gasteiger partial charge in [0, 0.05) is 6.42 Å². The van der Waals surface area contributed by atoms with Crippen molar-refractivity contribution in [1.82, 2.24) is 5.32 Å². The maximum atomic E-state index is 13.0. The summed E-state index contributed by atoms with van der Waals surface area (Å²) in [7, 11) is 0. The summed E-state index contributed by atoms with van der Waals surface area (Å²) in [5.74, 6) is -0.256. The number of aliphatic hydroxyl groups is 6. The minimum absolute atomic E-state index is 0.256. The number of rotatable bonds is 36. The zero-order valence-corrected chi connectivity index (χ0v) is 33.4. The molecule has 8 atom stereocenters. The van der Waals surface area contributed by atoms with Gasteiger partial charge in [0.2, 0.25) is 5.91 Å². The first-order valence-electron chi connectivity index (χ1n) is 21.8. The molecule has 310 valence electrons. The second kappa shape index (κ2) is 33.5. The van der Waals surface area contributed by atoms with Crippen LogP contribution in [-0.4, -0.2) is 98.7 Å². The van der Waals surface area contributed by atoms with Gasteiger partial charge in [-0.3, -0.25) is 4.79 Å². The summed E-state index contributed by atoms with van der Waals surface area (Å²) in [5, 5.41) is 65.0. The highest BCUT2D eigenvalue weighted by molar-refractivity contribution is 5.76. The van der Waals surface area contributed by atoms with Gasteiger partial charge in [-0.15, -0.1) is 0 Å². The minimum atomic E-state index is -1.60. The molecule has 0 aliphatic carbocycles. The molecule has 0 aromatic carbocycles. The smallest absolute Gasteiger partial charge is 0.220 e. The van der Waals surface area contributed by atoms with Crippen LogP contribution in [0.1, 0.15) is 200 Å². The lowest BCUT2D eigenvalue weighted by molar-refractivity contribution is -0.303. The molecule has 10 nitrogen and oxygen atoms in total. The maximum Gasteiger partial charge on any atom is 0.220 e. The molecular formula is C42H83NO9. The van der Waals surface area contributed by atoms with Crippen molar-refractivity contribution in [3.05, 3.63) is 0 Å². The lowest BCUT2D eigenvalue weighted by Crippen LogP contribution is -2.60. The highest BCUT2D eigenvalue weighted by atomic mass is 16.7. The Bertz CT molecular complexity index is 803. The molecule has 0 spiro atoms. The third kappa shape index (κ3) is 23.8. The van der Waals surface area contributed by atoms with E-state index in [0.717, 1.165) is 44.9 Å². The maximum absolute atomic E-state index is 13.0. The molecule has 52 heavy (non-hydrogen) atoms. The first-order valence-corrected chi connectivity index (χ1v) is 21.8. The molecular weight excluding hydrogens is 662 g/mol. The van der Waals surface area contributed by atoms with E-state index in [0.29, 0.717) is 6.42 Å². The second-order valence-electron chi connectivity index (χ2n) is 15.6. The topological polar surface area (TPSA) is 169 Å². The molecule has 0 saturated carbocycles. The number of hydrogen-bond acceptors (Lipinski definition) is 9. The van der Waals surface area contributed by atoms with Gasteiger partial charge in [-0.05, 0) is 12.8 Å². The summed E-state index contributed by atoms with van der Waals surface area (Å²) in [5.41, 5.74) is 0. The Morgan fingerprint density at radius 2 is 1.00 bits per heavy atom. The molecule has 0 aromatic heterocycles. The predicted octanol–water partition coefficient (Wildman–Crippen LogP) is 7.36. The molecule has 1 fully saturated rings. The summed E-state index contributed by atoms with van der Waals surface area (Å²) < 4.78 is 11.1. The summed E-state index contributed by atoms with van der Waals surface area (Å²) in [6.45, 7) is 3.60. The monoisotopic (exact) mass is 746 g/mol. The second-order valence-corrected chi connectivity index (χ2v) is 15.6. The van der Waals surface area contributed by atoms with Gasteiger partial charge < -0.3 is 45.4 Å². The molecule has 1 rings (SSSR count). The largest absolute Gasteiger partial charge is 0.394 e. The Labute approximate surface area is 317 Å². The highest BCUT2D eigenvalue weighted by Gasteiger charge is 2.44. The molecule has 1 aliphatic rings. The number of unbranched alkanes of at least 4 members (excludes halogenated alkanes) is 25. The van der Waals surface area contributed by atoms with Crippen LogP contribution in [0.25, 0.3) is 0 Å². The van der Waals surface area contributed by atoms with Crippen molar-refractivity contribution in [3.63, 3.8) is 0 Å². The molecule has 0 aromatic rings. The third-order valence-electron chi connectivity index (χ3n) is 10.8. The van der Waals surface area contributed by atoms with Gasteiger partial charge in [0.1, 0.15) is 30.5 Å². The standard InChI is InChI=1S/C42H83NO9/c1-3-5-7-9-11-13-15-17-18-19-21-23-25-27-29-31-37(46)43-34(33-51-42-41(50)40(49)39(48)36(32-44)52-42)38(47)35(45)30-28-26-24-22-20-16-14-12-10-8-6-4-2/h34-36,38-42,44-45,47-50H,3-33H2,1-2H3,(H,43,46)/t34-,35+,36+,38-,39-,40-,41+,42+/m0/s1. The van der Waals surface area contributed by atoms with Crippen molar-refractivity contribution in [3.8, 4) is 0 Å². The summed E-state index contributed by atoms with van der Waals surface area (Å²) >= 11 is 0. The summed E-state index contributed by atoms with van der Waals surface area (Å²) in [6, 6.07) is -0.983. The molecule has 0 unspecified atom stereocenters. The molecule has 1 saturated heterocycles. The van der Waals surface area contributed by atoms with Crippen molar-refractivity contribution >= 4 is 5.91 Å². The van der Waals surface area contributed by atoms with Gasteiger partial charge in [-0.1, -0.05) is 181 Å². The van der Waals surface area contributed by atoms with Gasteiger partial charge in [0.25, 0.3) is 0 Å². The van der Waals surface area contributed by atoms with Crippen LogP contribution < -0.4 is 5.32 Å². The zero-order valence-electron chi connectivity index (χ0n) is 33.4. The van der Waals surface area contributed by atoms with Crippen LogP contribution in [0.4, 0.5) is 0 Å². The first kappa shape index (κ1) is 49.2. The fourth-order valence-corrected chi connectivity index (χ4v) is 7.20. The number of hydrogen-bond donors (Lipinski definition) is 7. The van der Waals surface area contributed by atoms with Crippen LogP contribution in [0.2, 0.25) is 0 Å². The lowest BCUT2D eigenvalue weighted by atomic mass is 9.98. The molecule has 0 bridgehead atoms. The van der Waals surface area contributed by atoms with Crippen molar-refractivity contribution in [1.29, 1.82) is 0 Å². The molecule has 1 heterocycles. The molecule has 0 radical (unpaired) electrons. The summed E-state index contributed by atoms with van der Waals surface area (Å²) in [4.78, 5) is 13.0.